The molecule has 2 amide bonds. The van der Waals surface area contributed by atoms with Gasteiger partial charge in [-0.05, 0) is 49.6 Å². The number of carbonyl (C=O) groups is 2. The van der Waals surface area contributed by atoms with E-state index in [-0.39, 0.29) is 24.5 Å². The van der Waals surface area contributed by atoms with Crippen LogP contribution in [0.5, 0.6) is 5.75 Å². The number of amides is 2. The number of β-amino-alcohol motifs (C(OH)–C–C–N with tert-alkyl or cyclic N) is 1. The predicted octanol–water partition coefficient (Wildman–Crippen LogP) is 2.43. The Kier molecular flexibility index (Phi) is 6.41. The molecule has 2 aliphatic rings. The molecule has 0 spiro atoms. The first-order chi connectivity index (χ1) is 15.0. The maximum absolute atomic E-state index is 13.5. The number of hydrogen-bond donors (Lipinski definition) is 1. The molecule has 8 heteroatoms. The van der Waals surface area contributed by atoms with Gasteiger partial charge in [0.15, 0.2) is 0 Å². The third-order valence-electron chi connectivity index (χ3n) is 5.40. The number of rotatable bonds is 7. The minimum absolute atomic E-state index is 0.0455. The van der Waals surface area contributed by atoms with Crippen molar-refractivity contribution in [1.29, 1.82) is 0 Å². The van der Waals surface area contributed by atoms with Crippen molar-refractivity contribution < 1.29 is 19.4 Å². The van der Waals surface area contributed by atoms with E-state index in [2.05, 4.69) is 4.90 Å². The van der Waals surface area contributed by atoms with Crippen molar-refractivity contribution >= 4 is 34.4 Å². The lowest BCUT2D eigenvalue weighted by molar-refractivity contribution is -0.120. The fourth-order valence-corrected chi connectivity index (χ4v) is 4.73. The Balaban J connectivity index is 1.64. The van der Waals surface area contributed by atoms with Crippen LogP contribution in [0.2, 0.25) is 0 Å². The number of hydrogen-bond acceptors (Lipinski definition) is 7. The summed E-state index contributed by atoms with van der Waals surface area (Å²) in [6, 6.07) is 10.8. The van der Waals surface area contributed by atoms with Gasteiger partial charge < -0.3 is 14.7 Å². The van der Waals surface area contributed by atoms with E-state index in [4.69, 9.17) is 4.74 Å². The molecule has 3 heterocycles. The van der Waals surface area contributed by atoms with Gasteiger partial charge in [0, 0.05) is 37.6 Å². The van der Waals surface area contributed by atoms with Gasteiger partial charge in [-0.1, -0.05) is 6.07 Å². The van der Waals surface area contributed by atoms with Crippen molar-refractivity contribution in [3.63, 3.8) is 0 Å². The first-order valence-corrected chi connectivity index (χ1v) is 11.4. The number of aliphatic hydroxyl groups is 1. The molecule has 0 bridgehead atoms. The number of benzene rings is 1. The largest absolute Gasteiger partial charge is 0.491 e. The van der Waals surface area contributed by atoms with Crippen LogP contribution in [0.3, 0.4) is 0 Å². The van der Waals surface area contributed by atoms with Gasteiger partial charge in [-0.25, -0.2) is 4.90 Å². The zero-order chi connectivity index (χ0) is 22.0. The molecule has 0 unspecified atom stereocenters. The van der Waals surface area contributed by atoms with Crippen LogP contribution >= 0.6 is 11.3 Å². The van der Waals surface area contributed by atoms with Crippen LogP contribution in [-0.4, -0.2) is 72.2 Å². The summed E-state index contributed by atoms with van der Waals surface area (Å²) in [4.78, 5) is 33.2. The minimum atomic E-state index is -0.294. The van der Waals surface area contributed by atoms with Crippen molar-refractivity contribution in [2.45, 2.75) is 20.0 Å². The quantitative estimate of drug-likeness (QED) is 0.666. The fraction of sp³-hybridized carbons (Fsp3) is 0.391. The van der Waals surface area contributed by atoms with Crippen LogP contribution in [0.1, 0.15) is 18.7 Å². The Bertz CT molecular complexity index is 961. The highest BCUT2D eigenvalue weighted by atomic mass is 32.1. The zero-order valence-corrected chi connectivity index (χ0v) is 18.6. The highest BCUT2D eigenvalue weighted by Gasteiger charge is 2.43. The molecular weight excluding hydrogens is 414 g/mol. The standard InChI is InChI=1S/C23H27N3O4S/c1-16(2)30-18-7-5-17(6-8-18)26-22(28)20(19-4-3-15-31-19)21(23(26)29)25-11-9-24(10-12-25)13-14-27/h3-8,15-16,27H,9-14H2,1-2H3. The summed E-state index contributed by atoms with van der Waals surface area (Å²) in [7, 11) is 0. The molecule has 1 saturated heterocycles. The molecule has 4 rings (SSSR count). The number of anilines is 1. The number of aliphatic hydroxyl groups excluding tert-OH is 1. The van der Waals surface area contributed by atoms with Gasteiger partial charge in [0.25, 0.3) is 11.8 Å². The van der Waals surface area contributed by atoms with Gasteiger partial charge >= 0.3 is 0 Å². The second-order valence-corrected chi connectivity index (χ2v) is 8.81. The van der Waals surface area contributed by atoms with E-state index < -0.39 is 0 Å². The van der Waals surface area contributed by atoms with Gasteiger partial charge in [-0.3, -0.25) is 14.5 Å². The summed E-state index contributed by atoms with van der Waals surface area (Å²) in [5, 5.41) is 11.1. The number of ether oxygens (including phenoxy) is 1. The van der Waals surface area contributed by atoms with E-state index in [0.29, 0.717) is 42.3 Å². The van der Waals surface area contributed by atoms with Crippen LogP contribution in [0.25, 0.3) is 5.57 Å². The predicted molar refractivity (Wildman–Crippen MR) is 121 cm³/mol. The number of thiophene rings is 1. The van der Waals surface area contributed by atoms with Gasteiger partial charge in [0.2, 0.25) is 0 Å². The summed E-state index contributed by atoms with van der Waals surface area (Å²) >= 11 is 1.46. The maximum Gasteiger partial charge on any atom is 0.282 e. The molecule has 1 fully saturated rings. The Morgan fingerprint density at radius 3 is 2.32 bits per heavy atom. The smallest absolute Gasteiger partial charge is 0.282 e. The zero-order valence-electron chi connectivity index (χ0n) is 17.8. The molecule has 0 atom stereocenters. The summed E-state index contributed by atoms with van der Waals surface area (Å²) in [6.07, 6.45) is 0.0455. The van der Waals surface area contributed by atoms with E-state index in [1.54, 1.807) is 24.3 Å². The number of nitrogens with zero attached hydrogens (tertiary/aromatic N) is 3. The van der Waals surface area contributed by atoms with Gasteiger partial charge in [-0.15, -0.1) is 11.3 Å². The SMILES string of the molecule is CC(C)Oc1ccc(N2C(=O)C(c3cccs3)=C(N3CCN(CCO)CC3)C2=O)cc1. The third-order valence-corrected chi connectivity index (χ3v) is 6.29. The monoisotopic (exact) mass is 441 g/mol. The second-order valence-electron chi connectivity index (χ2n) is 7.86. The Morgan fingerprint density at radius 2 is 1.74 bits per heavy atom. The lowest BCUT2D eigenvalue weighted by Gasteiger charge is -2.36. The van der Waals surface area contributed by atoms with Crippen LogP contribution < -0.4 is 9.64 Å². The van der Waals surface area contributed by atoms with E-state index in [0.717, 1.165) is 18.0 Å². The molecular formula is C23H27N3O4S. The Hall–Kier alpha value is -2.68. The van der Waals surface area contributed by atoms with Gasteiger partial charge in [0.05, 0.1) is 24.0 Å². The highest BCUT2D eigenvalue weighted by Crippen LogP contribution is 2.37. The second kappa shape index (κ2) is 9.21. The lowest BCUT2D eigenvalue weighted by Crippen LogP contribution is -2.48. The maximum atomic E-state index is 13.5. The van der Waals surface area contributed by atoms with E-state index in [9.17, 15) is 14.7 Å². The first kappa shape index (κ1) is 21.5. The molecule has 0 radical (unpaired) electrons. The molecule has 1 aromatic heterocycles. The van der Waals surface area contributed by atoms with Crippen LogP contribution in [-0.2, 0) is 9.59 Å². The van der Waals surface area contributed by atoms with Crippen molar-refractivity contribution in [2.75, 3.05) is 44.2 Å². The van der Waals surface area contributed by atoms with Crippen molar-refractivity contribution in [3.05, 3.63) is 52.4 Å². The average Bonchev–Trinajstić information content (AvgIpc) is 3.36. The molecule has 7 nitrogen and oxygen atoms in total. The van der Waals surface area contributed by atoms with E-state index in [1.165, 1.54) is 16.2 Å². The summed E-state index contributed by atoms with van der Waals surface area (Å²) in [6.45, 7) is 7.39. The molecule has 0 aliphatic carbocycles. The molecule has 164 valence electrons. The minimum Gasteiger partial charge on any atom is -0.491 e. The lowest BCUT2D eigenvalue weighted by atomic mass is 10.1. The topological polar surface area (TPSA) is 73.3 Å². The Morgan fingerprint density at radius 1 is 1.03 bits per heavy atom. The van der Waals surface area contributed by atoms with Crippen LogP contribution in [0, 0.1) is 0 Å². The average molecular weight is 442 g/mol. The highest BCUT2D eigenvalue weighted by molar-refractivity contribution is 7.11. The third kappa shape index (κ3) is 4.37. The van der Waals surface area contributed by atoms with Gasteiger partial charge in [-0.2, -0.15) is 0 Å². The summed E-state index contributed by atoms with van der Waals surface area (Å²) in [5.74, 6) is 0.115. The molecule has 2 aliphatic heterocycles. The van der Waals surface area contributed by atoms with Crippen LogP contribution in [0.4, 0.5) is 5.69 Å². The van der Waals surface area contributed by atoms with Crippen molar-refractivity contribution in [1.82, 2.24) is 9.80 Å². The van der Waals surface area contributed by atoms with E-state index in [1.807, 2.05) is 36.3 Å². The van der Waals surface area contributed by atoms with E-state index >= 15 is 0 Å². The van der Waals surface area contributed by atoms with Gasteiger partial charge in [0.1, 0.15) is 11.4 Å². The summed E-state index contributed by atoms with van der Waals surface area (Å²) in [5.41, 5.74) is 1.48. The van der Waals surface area contributed by atoms with Crippen LogP contribution in [0.15, 0.2) is 47.5 Å². The molecule has 0 saturated carbocycles. The van der Waals surface area contributed by atoms with Crippen molar-refractivity contribution in [2.24, 2.45) is 0 Å². The molecule has 2 aromatic rings. The number of piperazine rings is 1. The Labute approximate surface area is 186 Å². The summed E-state index contributed by atoms with van der Waals surface area (Å²) < 4.78 is 5.68. The van der Waals surface area contributed by atoms with Crippen molar-refractivity contribution in [3.8, 4) is 5.75 Å². The fourth-order valence-electron chi connectivity index (χ4n) is 3.97. The number of imide groups is 1. The number of carbonyl (C=O) groups excluding carboxylic acids is 2. The molecule has 31 heavy (non-hydrogen) atoms. The molecule has 1 N–H and O–H groups in total. The molecule has 1 aromatic carbocycles. The first-order valence-electron chi connectivity index (χ1n) is 10.5. The normalized spacial score (nSPS) is 17.9.